The number of methoxy groups -OCH3 is 1. The standard InChI is InChI=1S/C11H16FNO2S/c1-15-3-2-4-16(14)8-9-5-10(12)7-11(13)6-9/h5-7H,2-4,8,13H2,1H3. The number of rotatable bonds is 6. The Morgan fingerprint density at radius 2 is 2.19 bits per heavy atom. The Morgan fingerprint density at radius 3 is 2.81 bits per heavy atom. The Kier molecular flexibility index (Phi) is 5.42. The molecule has 0 saturated carbocycles. The summed E-state index contributed by atoms with van der Waals surface area (Å²) in [4.78, 5) is 0. The van der Waals surface area contributed by atoms with E-state index in [1.807, 2.05) is 0 Å². The molecule has 0 heterocycles. The van der Waals surface area contributed by atoms with Gasteiger partial charge < -0.3 is 10.5 Å². The summed E-state index contributed by atoms with van der Waals surface area (Å²) >= 11 is 0. The predicted octanol–water partition coefficient (Wildman–Crippen LogP) is 1.69. The van der Waals surface area contributed by atoms with Crippen LogP contribution in [0.1, 0.15) is 12.0 Å². The molecule has 0 aliphatic rings. The first-order valence-corrected chi connectivity index (χ1v) is 6.49. The summed E-state index contributed by atoms with van der Waals surface area (Å²) < 4.78 is 29.5. The molecule has 16 heavy (non-hydrogen) atoms. The van der Waals surface area contributed by atoms with Gasteiger partial charge in [-0.1, -0.05) is 0 Å². The lowest BCUT2D eigenvalue weighted by molar-refractivity contribution is 0.200. The molecule has 2 N–H and O–H groups in total. The van der Waals surface area contributed by atoms with Gasteiger partial charge in [0.25, 0.3) is 0 Å². The van der Waals surface area contributed by atoms with E-state index in [2.05, 4.69) is 0 Å². The Bertz CT molecular complexity index is 351. The van der Waals surface area contributed by atoms with E-state index in [9.17, 15) is 8.60 Å². The van der Waals surface area contributed by atoms with Crippen molar-refractivity contribution in [3.63, 3.8) is 0 Å². The van der Waals surface area contributed by atoms with Crippen molar-refractivity contribution < 1.29 is 13.3 Å². The Hall–Kier alpha value is -0.940. The number of benzene rings is 1. The van der Waals surface area contributed by atoms with Gasteiger partial charge in [-0.2, -0.15) is 0 Å². The zero-order chi connectivity index (χ0) is 12.0. The molecule has 1 aromatic carbocycles. The second kappa shape index (κ2) is 6.60. The molecule has 0 fully saturated rings. The van der Waals surface area contributed by atoms with Crippen LogP contribution in [0.15, 0.2) is 18.2 Å². The number of nitrogens with two attached hydrogens (primary N) is 1. The fourth-order valence-corrected chi connectivity index (χ4v) is 2.50. The Balaban J connectivity index is 2.49. The molecule has 0 aliphatic heterocycles. The van der Waals surface area contributed by atoms with E-state index in [0.717, 1.165) is 6.42 Å². The van der Waals surface area contributed by atoms with Crippen LogP contribution >= 0.6 is 0 Å². The third-order valence-electron chi connectivity index (χ3n) is 2.03. The molecular weight excluding hydrogens is 229 g/mol. The van der Waals surface area contributed by atoms with E-state index in [0.29, 0.717) is 29.4 Å². The predicted molar refractivity (Wildman–Crippen MR) is 64.0 cm³/mol. The van der Waals surface area contributed by atoms with Crippen molar-refractivity contribution in [3.8, 4) is 0 Å². The van der Waals surface area contributed by atoms with Crippen molar-refractivity contribution in [2.75, 3.05) is 25.2 Å². The van der Waals surface area contributed by atoms with Crippen molar-refractivity contribution in [2.45, 2.75) is 12.2 Å². The molecule has 0 radical (unpaired) electrons. The molecule has 0 saturated heterocycles. The number of halogens is 1. The van der Waals surface area contributed by atoms with Crippen molar-refractivity contribution in [1.29, 1.82) is 0 Å². The highest BCUT2D eigenvalue weighted by atomic mass is 32.2. The monoisotopic (exact) mass is 245 g/mol. The minimum Gasteiger partial charge on any atom is -0.399 e. The molecule has 3 nitrogen and oxygen atoms in total. The minimum atomic E-state index is -0.991. The van der Waals surface area contributed by atoms with Gasteiger partial charge in [-0.15, -0.1) is 0 Å². The van der Waals surface area contributed by atoms with Gasteiger partial charge in [-0.25, -0.2) is 4.39 Å². The van der Waals surface area contributed by atoms with Crippen molar-refractivity contribution >= 4 is 16.5 Å². The molecule has 1 rings (SSSR count). The van der Waals surface area contributed by atoms with E-state index < -0.39 is 10.8 Å². The molecular formula is C11H16FNO2S. The summed E-state index contributed by atoms with van der Waals surface area (Å²) in [6, 6.07) is 4.26. The van der Waals surface area contributed by atoms with E-state index in [1.165, 1.54) is 12.1 Å². The van der Waals surface area contributed by atoms with Gasteiger partial charge in [0.1, 0.15) is 5.82 Å². The number of hydrogen-bond donors (Lipinski definition) is 1. The molecule has 0 bridgehead atoms. The largest absolute Gasteiger partial charge is 0.399 e. The number of nitrogen functional groups attached to an aromatic ring is 1. The summed E-state index contributed by atoms with van der Waals surface area (Å²) in [7, 11) is 0.616. The quantitative estimate of drug-likeness (QED) is 0.613. The summed E-state index contributed by atoms with van der Waals surface area (Å²) in [6.45, 7) is 0.594. The lowest BCUT2D eigenvalue weighted by atomic mass is 10.2. The van der Waals surface area contributed by atoms with Crippen molar-refractivity contribution in [3.05, 3.63) is 29.6 Å². The van der Waals surface area contributed by atoms with E-state index in [-0.39, 0.29) is 5.82 Å². The van der Waals surface area contributed by atoms with Gasteiger partial charge in [0.05, 0.1) is 0 Å². The van der Waals surface area contributed by atoms with Gasteiger partial charge in [0.2, 0.25) is 0 Å². The number of anilines is 1. The van der Waals surface area contributed by atoms with Gasteiger partial charge in [-0.05, 0) is 30.2 Å². The first kappa shape index (κ1) is 13.1. The third kappa shape index (κ3) is 4.72. The smallest absolute Gasteiger partial charge is 0.125 e. The summed E-state index contributed by atoms with van der Waals surface area (Å²) in [5.41, 5.74) is 6.54. The molecule has 5 heteroatoms. The first-order chi connectivity index (χ1) is 7.61. The second-order valence-corrected chi connectivity index (χ2v) is 5.10. The lowest BCUT2D eigenvalue weighted by Crippen LogP contribution is -2.04. The SMILES string of the molecule is COCCCS(=O)Cc1cc(N)cc(F)c1. The number of ether oxygens (including phenoxy) is 1. The lowest BCUT2D eigenvalue weighted by Gasteiger charge is -2.04. The molecule has 1 atom stereocenters. The van der Waals surface area contributed by atoms with Crippen LogP contribution in [0.2, 0.25) is 0 Å². The average Bonchev–Trinajstić information content (AvgIpc) is 2.16. The number of hydrogen-bond acceptors (Lipinski definition) is 3. The topological polar surface area (TPSA) is 52.3 Å². The van der Waals surface area contributed by atoms with Crippen LogP contribution in [0.5, 0.6) is 0 Å². The maximum atomic E-state index is 13.0. The highest BCUT2D eigenvalue weighted by Crippen LogP contribution is 2.12. The van der Waals surface area contributed by atoms with Gasteiger partial charge in [0, 0.05) is 41.7 Å². The Morgan fingerprint density at radius 1 is 1.44 bits per heavy atom. The van der Waals surface area contributed by atoms with Crippen LogP contribution in [0.25, 0.3) is 0 Å². The highest BCUT2D eigenvalue weighted by Gasteiger charge is 2.04. The van der Waals surface area contributed by atoms with Gasteiger partial charge in [0.15, 0.2) is 0 Å². The molecule has 0 amide bonds. The van der Waals surface area contributed by atoms with E-state index in [4.69, 9.17) is 10.5 Å². The first-order valence-electron chi connectivity index (χ1n) is 5.00. The summed E-state index contributed by atoms with van der Waals surface area (Å²) in [5.74, 6) is 0.513. The van der Waals surface area contributed by atoms with Gasteiger partial charge in [-0.3, -0.25) is 4.21 Å². The van der Waals surface area contributed by atoms with Crippen LogP contribution < -0.4 is 5.73 Å². The summed E-state index contributed by atoms with van der Waals surface area (Å²) in [5, 5.41) is 0. The zero-order valence-electron chi connectivity index (χ0n) is 9.24. The summed E-state index contributed by atoms with van der Waals surface area (Å²) in [6.07, 6.45) is 0.744. The molecule has 0 aliphatic carbocycles. The second-order valence-electron chi connectivity index (χ2n) is 3.53. The molecule has 90 valence electrons. The molecule has 1 aromatic rings. The van der Waals surface area contributed by atoms with Crippen LogP contribution in [0.3, 0.4) is 0 Å². The van der Waals surface area contributed by atoms with Crippen LogP contribution in [0.4, 0.5) is 10.1 Å². The highest BCUT2D eigenvalue weighted by molar-refractivity contribution is 7.84. The van der Waals surface area contributed by atoms with Crippen LogP contribution in [-0.4, -0.2) is 23.7 Å². The Labute approximate surface area is 97.2 Å². The molecule has 1 unspecified atom stereocenters. The fraction of sp³-hybridized carbons (Fsp3) is 0.455. The van der Waals surface area contributed by atoms with E-state index >= 15 is 0 Å². The molecule has 0 aromatic heterocycles. The molecule has 0 spiro atoms. The average molecular weight is 245 g/mol. The van der Waals surface area contributed by atoms with Crippen LogP contribution in [0, 0.1) is 5.82 Å². The van der Waals surface area contributed by atoms with Gasteiger partial charge >= 0.3 is 0 Å². The van der Waals surface area contributed by atoms with E-state index in [1.54, 1.807) is 13.2 Å². The zero-order valence-corrected chi connectivity index (χ0v) is 10.1. The van der Waals surface area contributed by atoms with Crippen LogP contribution in [-0.2, 0) is 21.3 Å². The van der Waals surface area contributed by atoms with Crippen molar-refractivity contribution in [2.24, 2.45) is 0 Å². The maximum Gasteiger partial charge on any atom is 0.125 e. The minimum absolute atomic E-state index is 0.339. The third-order valence-corrected chi connectivity index (χ3v) is 3.43. The normalized spacial score (nSPS) is 12.6. The van der Waals surface area contributed by atoms with Crippen molar-refractivity contribution in [1.82, 2.24) is 0 Å². The fourth-order valence-electron chi connectivity index (χ4n) is 1.38. The maximum absolute atomic E-state index is 13.0.